The average Bonchev–Trinajstić information content (AvgIpc) is 2.88. The quantitative estimate of drug-likeness (QED) is 0.897. The minimum atomic E-state index is -0.248. The number of aryl methyl sites for hydroxylation is 1. The van der Waals surface area contributed by atoms with Crippen LogP contribution in [-0.4, -0.2) is 17.2 Å². The molecule has 1 unspecified atom stereocenters. The maximum atomic E-state index is 5.69. The Balaban J connectivity index is 2.20. The fraction of sp³-hybridized carbons (Fsp3) is 0.385. The molecule has 1 heterocycles. The predicted molar refractivity (Wildman–Crippen MR) is 70.8 cm³/mol. The van der Waals surface area contributed by atoms with Gasteiger partial charge in [0.1, 0.15) is 0 Å². The molecule has 2 aromatic rings. The van der Waals surface area contributed by atoms with Crippen molar-refractivity contribution < 1.29 is 4.42 Å². The van der Waals surface area contributed by atoms with E-state index in [4.69, 9.17) is 10.2 Å². The number of benzene rings is 1. The van der Waals surface area contributed by atoms with Crippen LogP contribution in [-0.2, 0) is 6.42 Å². The van der Waals surface area contributed by atoms with Gasteiger partial charge in [0.15, 0.2) is 0 Å². The highest BCUT2D eigenvalue weighted by Crippen LogP contribution is 2.23. The Morgan fingerprint density at radius 3 is 2.44 bits per heavy atom. The van der Waals surface area contributed by atoms with E-state index in [1.807, 2.05) is 31.0 Å². The molecule has 0 saturated heterocycles. The Bertz CT molecular complexity index is 504. The van der Waals surface area contributed by atoms with E-state index >= 15 is 0 Å². The number of anilines is 2. The summed E-state index contributed by atoms with van der Waals surface area (Å²) in [5.74, 6) is 0.446. The number of hydrogen-bond donors (Lipinski definition) is 1. The van der Waals surface area contributed by atoms with E-state index in [1.54, 1.807) is 0 Å². The summed E-state index contributed by atoms with van der Waals surface area (Å²) in [4.78, 5) is 1.85. The van der Waals surface area contributed by atoms with Crippen LogP contribution < -0.4 is 10.6 Å². The zero-order chi connectivity index (χ0) is 13.1. The molecule has 0 radical (unpaired) electrons. The molecule has 5 nitrogen and oxygen atoms in total. The van der Waals surface area contributed by atoms with Gasteiger partial charge in [-0.2, -0.15) is 0 Å². The fourth-order valence-electron chi connectivity index (χ4n) is 1.61. The van der Waals surface area contributed by atoms with Crippen LogP contribution in [0.15, 0.2) is 28.7 Å². The van der Waals surface area contributed by atoms with Crippen LogP contribution >= 0.6 is 0 Å². The third kappa shape index (κ3) is 2.51. The first-order valence-corrected chi connectivity index (χ1v) is 6.03. The smallest absolute Gasteiger partial charge is 0.322 e. The van der Waals surface area contributed by atoms with Crippen molar-refractivity contribution in [3.8, 4) is 0 Å². The van der Waals surface area contributed by atoms with Crippen molar-refractivity contribution >= 4 is 11.7 Å². The lowest BCUT2D eigenvalue weighted by atomic mass is 10.1. The second kappa shape index (κ2) is 5.18. The second-order valence-corrected chi connectivity index (χ2v) is 4.29. The van der Waals surface area contributed by atoms with Gasteiger partial charge in [-0.05, 0) is 31.0 Å². The van der Waals surface area contributed by atoms with E-state index in [0.717, 1.165) is 12.1 Å². The topological polar surface area (TPSA) is 68.2 Å². The van der Waals surface area contributed by atoms with Crippen molar-refractivity contribution in [1.29, 1.82) is 0 Å². The highest BCUT2D eigenvalue weighted by atomic mass is 16.4. The molecule has 1 atom stereocenters. The van der Waals surface area contributed by atoms with Gasteiger partial charge in [0.25, 0.3) is 0 Å². The zero-order valence-electron chi connectivity index (χ0n) is 10.9. The number of hydrogen-bond acceptors (Lipinski definition) is 5. The predicted octanol–water partition coefficient (Wildman–Crippen LogP) is 2.42. The summed E-state index contributed by atoms with van der Waals surface area (Å²) in [6.45, 7) is 3.94. The summed E-state index contributed by atoms with van der Waals surface area (Å²) in [5.41, 5.74) is 8.00. The van der Waals surface area contributed by atoms with Gasteiger partial charge in [-0.15, -0.1) is 5.10 Å². The van der Waals surface area contributed by atoms with Crippen molar-refractivity contribution in [3.05, 3.63) is 35.7 Å². The Hall–Kier alpha value is -1.88. The molecule has 0 amide bonds. The molecule has 0 fully saturated rings. The first-order valence-electron chi connectivity index (χ1n) is 6.03. The number of nitrogens with two attached hydrogens (primary N) is 1. The fourth-order valence-corrected chi connectivity index (χ4v) is 1.61. The third-order valence-electron chi connectivity index (χ3n) is 2.84. The van der Waals surface area contributed by atoms with Crippen LogP contribution in [0.25, 0.3) is 0 Å². The monoisotopic (exact) mass is 246 g/mol. The van der Waals surface area contributed by atoms with Gasteiger partial charge < -0.3 is 10.2 Å². The van der Waals surface area contributed by atoms with Gasteiger partial charge in [0.2, 0.25) is 5.89 Å². The number of aromatic nitrogens is 2. The van der Waals surface area contributed by atoms with Crippen molar-refractivity contribution in [2.75, 3.05) is 11.9 Å². The van der Waals surface area contributed by atoms with Crippen LogP contribution in [0.1, 0.15) is 31.3 Å². The van der Waals surface area contributed by atoms with E-state index in [0.29, 0.717) is 11.9 Å². The first-order chi connectivity index (χ1) is 8.61. The van der Waals surface area contributed by atoms with E-state index < -0.39 is 0 Å². The normalized spacial score (nSPS) is 12.4. The molecule has 5 heteroatoms. The molecule has 0 aliphatic rings. The van der Waals surface area contributed by atoms with Crippen LogP contribution in [0.2, 0.25) is 0 Å². The van der Waals surface area contributed by atoms with E-state index in [-0.39, 0.29) is 6.04 Å². The molecule has 0 aliphatic carbocycles. The Morgan fingerprint density at radius 1 is 1.28 bits per heavy atom. The Labute approximate surface area is 107 Å². The summed E-state index contributed by atoms with van der Waals surface area (Å²) < 4.78 is 5.50. The molecule has 0 aliphatic heterocycles. The largest absolute Gasteiger partial charge is 0.406 e. The van der Waals surface area contributed by atoms with Crippen LogP contribution in [0.3, 0.4) is 0 Å². The molecule has 0 bridgehead atoms. The van der Waals surface area contributed by atoms with Crippen LogP contribution in [0, 0.1) is 0 Å². The maximum absolute atomic E-state index is 5.69. The van der Waals surface area contributed by atoms with E-state index in [2.05, 4.69) is 29.3 Å². The zero-order valence-corrected chi connectivity index (χ0v) is 10.9. The second-order valence-electron chi connectivity index (χ2n) is 4.29. The van der Waals surface area contributed by atoms with Crippen molar-refractivity contribution in [3.63, 3.8) is 0 Å². The molecule has 2 N–H and O–H groups in total. The highest BCUT2D eigenvalue weighted by Gasteiger charge is 2.14. The Morgan fingerprint density at radius 2 is 1.94 bits per heavy atom. The number of rotatable bonds is 4. The van der Waals surface area contributed by atoms with Crippen molar-refractivity contribution in [2.45, 2.75) is 26.3 Å². The lowest BCUT2D eigenvalue weighted by Gasteiger charge is -2.14. The average molecular weight is 246 g/mol. The van der Waals surface area contributed by atoms with Crippen molar-refractivity contribution in [1.82, 2.24) is 10.2 Å². The van der Waals surface area contributed by atoms with Crippen LogP contribution in [0.5, 0.6) is 0 Å². The molecule has 1 aromatic carbocycles. The van der Waals surface area contributed by atoms with Gasteiger partial charge in [-0.1, -0.05) is 24.2 Å². The molecule has 96 valence electrons. The molecular weight excluding hydrogens is 228 g/mol. The van der Waals surface area contributed by atoms with Gasteiger partial charge in [0, 0.05) is 12.7 Å². The maximum Gasteiger partial charge on any atom is 0.322 e. The molecule has 1 aromatic heterocycles. The third-order valence-corrected chi connectivity index (χ3v) is 2.84. The van der Waals surface area contributed by atoms with E-state index in [1.165, 1.54) is 5.56 Å². The SMILES string of the molecule is CCc1ccc(N(C)c2nnc(C(C)N)o2)cc1. The number of nitrogens with zero attached hydrogens (tertiary/aromatic N) is 3. The summed E-state index contributed by atoms with van der Waals surface area (Å²) in [6.07, 6.45) is 1.03. The summed E-state index contributed by atoms with van der Waals surface area (Å²) in [5, 5.41) is 7.90. The minimum Gasteiger partial charge on any atom is -0.406 e. The van der Waals surface area contributed by atoms with E-state index in [9.17, 15) is 0 Å². The lowest BCUT2D eigenvalue weighted by Crippen LogP contribution is -2.09. The molecule has 18 heavy (non-hydrogen) atoms. The van der Waals surface area contributed by atoms with Crippen molar-refractivity contribution in [2.24, 2.45) is 5.73 Å². The molecule has 2 rings (SSSR count). The molecule has 0 spiro atoms. The summed E-state index contributed by atoms with van der Waals surface area (Å²) in [6, 6.07) is 8.46. The molecular formula is C13H18N4O. The van der Waals surface area contributed by atoms with Gasteiger partial charge >= 0.3 is 6.01 Å². The van der Waals surface area contributed by atoms with Gasteiger partial charge in [0.05, 0.1) is 6.04 Å². The molecule has 0 saturated carbocycles. The highest BCUT2D eigenvalue weighted by molar-refractivity contribution is 5.55. The minimum absolute atomic E-state index is 0.248. The Kier molecular flexibility index (Phi) is 3.62. The summed E-state index contributed by atoms with van der Waals surface area (Å²) in [7, 11) is 1.89. The van der Waals surface area contributed by atoms with Gasteiger partial charge in [-0.25, -0.2) is 0 Å². The summed E-state index contributed by atoms with van der Waals surface area (Å²) >= 11 is 0. The van der Waals surface area contributed by atoms with Crippen LogP contribution in [0.4, 0.5) is 11.7 Å². The first kappa shape index (κ1) is 12.6. The standard InChI is InChI=1S/C13H18N4O/c1-4-10-5-7-11(8-6-10)17(3)13-16-15-12(18-13)9(2)14/h5-9H,4,14H2,1-3H3. The lowest BCUT2D eigenvalue weighted by molar-refractivity contribution is 0.467. The van der Waals surface area contributed by atoms with Gasteiger partial charge in [-0.3, -0.25) is 4.90 Å².